The fourth-order valence-electron chi connectivity index (χ4n) is 2.94. The van der Waals surface area contributed by atoms with Gasteiger partial charge in [0.15, 0.2) is 5.82 Å². The van der Waals surface area contributed by atoms with Crippen molar-refractivity contribution in [3.8, 4) is 11.4 Å². The van der Waals surface area contributed by atoms with Gasteiger partial charge < -0.3 is 0 Å². The molecule has 1 aliphatic heterocycles. The quantitative estimate of drug-likeness (QED) is 0.533. The van der Waals surface area contributed by atoms with Crippen LogP contribution >= 0.6 is 0 Å². The average molecular weight is 447 g/mol. The van der Waals surface area contributed by atoms with E-state index in [2.05, 4.69) is 10.1 Å². The Bertz CT molecular complexity index is 1030. The van der Waals surface area contributed by atoms with Gasteiger partial charge in [-0.1, -0.05) is 0 Å². The molecule has 0 atom stereocenters. The molecular weight excluding hydrogens is 432 g/mol. The van der Waals surface area contributed by atoms with Crippen LogP contribution in [0.3, 0.4) is 0 Å². The first-order chi connectivity index (χ1) is 14.3. The van der Waals surface area contributed by atoms with Crippen molar-refractivity contribution in [3.63, 3.8) is 0 Å². The summed E-state index contributed by atoms with van der Waals surface area (Å²) in [4.78, 5) is 27.8. The Morgan fingerprint density at radius 3 is 2.52 bits per heavy atom. The Kier molecular flexibility index (Phi) is 5.79. The number of amides is 2. The van der Waals surface area contributed by atoms with Gasteiger partial charge >= 0.3 is 12.4 Å². The van der Waals surface area contributed by atoms with Crippen molar-refractivity contribution in [2.45, 2.75) is 25.7 Å². The van der Waals surface area contributed by atoms with Crippen molar-refractivity contribution in [2.75, 3.05) is 13.1 Å². The molecule has 1 fully saturated rings. The molecule has 1 aromatic carbocycles. The number of carbonyl (C=O) groups is 2. The Labute approximate surface area is 171 Å². The minimum atomic E-state index is -4.67. The van der Waals surface area contributed by atoms with Crippen LogP contribution < -0.4 is 0 Å². The smallest absolute Gasteiger partial charge is 0.273 e. The molecule has 0 aliphatic carbocycles. The van der Waals surface area contributed by atoms with E-state index in [-0.39, 0.29) is 24.4 Å². The summed E-state index contributed by atoms with van der Waals surface area (Å²) < 4.78 is 77.9. The van der Waals surface area contributed by atoms with Gasteiger partial charge in [-0.25, -0.2) is 19.7 Å². The van der Waals surface area contributed by atoms with Gasteiger partial charge in [-0.15, -0.1) is 5.10 Å². The Morgan fingerprint density at radius 2 is 1.87 bits per heavy atom. The van der Waals surface area contributed by atoms with E-state index in [0.29, 0.717) is 15.6 Å². The summed E-state index contributed by atoms with van der Waals surface area (Å²) in [6.07, 6.45) is -6.38. The van der Waals surface area contributed by atoms with E-state index in [9.17, 15) is 35.9 Å². The number of carbonyl (C=O) groups excluding carboxylic acids is 2. The second-order valence-corrected chi connectivity index (χ2v) is 6.73. The topological polar surface area (TPSA) is 71.3 Å². The molecule has 0 bridgehead atoms. The van der Waals surface area contributed by atoms with Gasteiger partial charge in [0.1, 0.15) is 12.9 Å². The molecule has 3 rings (SSSR count). The zero-order valence-electron chi connectivity index (χ0n) is 15.9. The van der Waals surface area contributed by atoms with Gasteiger partial charge in [0.05, 0.1) is 12.1 Å². The zero-order chi connectivity index (χ0) is 23.0. The summed E-state index contributed by atoms with van der Waals surface area (Å²) >= 11 is 0. The molecule has 0 spiro atoms. The summed E-state index contributed by atoms with van der Waals surface area (Å²) in [6, 6.07) is 3.31. The second kappa shape index (κ2) is 8.04. The molecule has 1 aromatic heterocycles. The molecule has 13 heteroatoms. The lowest BCUT2D eigenvalue weighted by Crippen LogP contribution is -2.46. The Balaban J connectivity index is 1.76. The molecule has 1 saturated heterocycles. The maximum Gasteiger partial charge on any atom is 0.416 e. The van der Waals surface area contributed by atoms with Crippen molar-refractivity contribution in [1.82, 2.24) is 24.8 Å². The van der Waals surface area contributed by atoms with Crippen LogP contribution in [0.1, 0.15) is 17.5 Å². The van der Waals surface area contributed by atoms with Crippen LogP contribution in [0.5, 0.6) is 0 Å². The molecule has 31 heavy (non-hydrogen) atoms. The number of benzene rings is 1. The van der Waals surface area contributed by atoms with Crippen molar-refractivity contribution in [3.05, 3.63) is 41.7 Å². The molecule has 166 valence electrons. The lowest BCUT2D eigenvalue weighted by Gasteiger charge is -2.27. The van der Waals surface area contributed by atoms with Crippen molar-refractivity contribution in [1.29, 1.82) is 0 Å². The summed E-state index contributed by atoms with van der Waals surface area (Å²) in [5.74, 6) is -1.76. The summed E-state index contributed by atoms with van der Waals surface area (Å²) in [5, 5.41) is 4.95. The summed E-state index contributed by atoms with van der Waals surface area (Å²) in [6.45, 7) is -0.309. The molecule has 1 aliphatic rings. The van der Waals surface area contributed by atoms with E-state index in [1.165, 1.54) is 13.0 Å². The molecule has 0 saturated carbocycles. The molecule has 0 N–H and O–H groups in total. The maximum absolute atomic E-state index is 13.0. The molecular formula is C18H15F6N5O2. The Hall–Kier alpha value is -3.38. The normalized spacial score (nSPS) is 15.4. The molecule has 0 unspecified atom stereocenters. The van der Waals surface area contributed by atoms with E-state index in [1.54, 1.807) is 0 Å². The van der Waals surface area contributed by atoms with E-state index in [1.807, 2.05) is 0 Å². The number of halogens is 6. The summed E-state index contributed by atoms with van der Waals surface area (Å²) in [5.41, 5.74) is -0.421. The van der Waals surface area contributed by atoms with E-state index in [4.69, 9.17) is 0 Å². The first-order valence-electron chi connectivity index (χ1n) is 8.80. The average Bonchev–Trinajstić information content (AvgIpc) is 3.25. The largest absolute Gasteiger partial charge is 0.416 e. The van der Waals surface area contributed by atoms with Crippen molar-refractivity contribution >= 4 is 18.0 Å². The van der Waals surface area contributed by atoms with Gasteiger partial charge in [-0.3, -0.25) is 9.59 Å². The van der Waals surface area contributed by atoms with Gasteiger partial charge in [0.2, 0.25) is 5.91 Å². The molecule has 0 radical (unpaired) electrons. The maximum atomic E-state index is 13.0. The number of hydrogen-bond donors (Lipinski definition) is 0. The van der Waals surface area contributed by atoms with Crippen LogP contribution in [0.25, 0.3) is 17.6 Å². The fourth-order valence-corrected chi connectivity index (χ4v) is 2.94. The molecule has 2 aromatic rings. The van der Waals surface area contributed by atoms with E-state index >= 15 is 0 Å². The van der Waals surface area contributed by atoms with Gasteiger partial charge in [-0.2, -0.15) is 26.3 Å². The van der Waals surface area contributed by atoms with Crippen molar-refractivity contribution in [2.24, 2.45) is 0 Å². The number of aromatic nitrogens is 3. The highest BCUT2D eigenvalue weighted by Gasteiger charge is 2.40. The predicted molar refractivity (Wildman–Crippen MR) is 94.6 cm³/mol. The number of hydrazine groups is 1. The minimum absolute atomic E-state index is 0.0404. The highest BCUT2D eigenvalue weighted by atomic mass is 19.4. The van der Waals surface area contributed by atoms with Crippen LogP contribution in [-0.2, 0) is 15.8 Å². The van der Waals surface area contributed by atoms with Crippen LogP contribution in [0.2, 0.25) is 0 Å². The summed E-state index contributed by atoms with van der Waals surface area (Å²) in [7, 11) is 0. The number of alkyl halides is 6. The third-order valence-corrected chi connectivity index (χ3v) is 4.24. The first-order valence-corrected chi connectivity index (χ1v) is 8.80. The Morgan fingerprint density at radius 1 is 1.16 bits per heavy atom. The number of aryl methyl sites for hydroxylation is 1. The third-order valence-electron chi connectivity index (χ3n) is 4.24. The van der Waals surface area contributed by atoms with E-state index in [0.717, 1.165) is 35.4 Å². The third kappa shape index (κ3) is 5.41. The molecule has 2 amide bonds. The lowest BCUT2D eigenvalue weighted by atomic mass is 10.1. The highest BCUT2D eigenvalue weighted by Crippen LogP contribution is 2.32. The zero-order valence-corrected chi connectivity index (χ0v) is 15.9. The number of hydrogen-bond acceptors (Lipinski definition) is 4. The van der Waals surface area contributed by atoms with Crippen molar-refractivity contribution < 1.29 is 35.9 Å². The number of rotatable bonds is 4. The van der Waals surface area contributed by atoms with E-state index < -0.39 is 36.3 Å². The lowest BCUT2D eigenvalue weighted by molar-refractivity contribution is -0.184. The first kappa shape index (κ1) is 22.3. The van der Waals surface area contributed by atoms with Crippen LogP contribution in [0.15, 0.2) is 30.6 Å². The standard InChI is InChI=1S/C18H15F6N5O2/c1-11-6-12(8-13(7-11)18(22,23)24)16-25-10-27(26-16)4-2-14(30)28-5-3-15(31)29(28)9-17(19,20)21/h2,4,6-8,10H,3,5,9H2,1H3/b4-2-. The predicted octanol–water partition coefficient (Wildman–Crippen LogP) is 3.28. The SMILES string of the molecule is Cc1cc(-c2ncn(/C=C\C(=O)N3CCC(=O)N3CC(F)(F)F)n2)cc(C(F)(F)F)c1. The molecule has 7 nitrogen and oxygen atoms in total. The fraction of sp³-hybridized carbons (Fsp3) is 0.333. The van der Waals surface area contributed by atoms with Crippen LogP contribution in [0.4, 0.5) is 26.3 Å². The van der Waals surface area contributed by atoms with Crippen LogP contribution in [-0.4, -0.2) is 55.9 Å². The molecule has 2 heterocycles. The van der Waals surface area contributed by atoms with Crippen LogP contribution in [0, 0.1) is 6.92 Å². The number of nitrogens with zero attached hydrogens (tertiary/aromatic N) is 5. The highest BCUT2D eigenvalue weighted by molar-refractivity contribution is 5.93. The van der Waals surface area contributed by atoms with Gasteiger partial charge in [0, 0.05) is 24.3 Å². The van der Waals surface area contributed by atoms with Gasteiger partial charge in [0.25, 0.3) is 5.91 Å². The van der Waals surface area contributed by atoms with Gasteiger partial charge in [-0.05, 0) is 30.7 Å². The minimum Gasteiger partial charge on any atom is -0.273 e. The second-order valence-electron chi connectivity index (χ2n) is 6.73. The monoisotopic (exact) mass is 447 g/mol.